The van der Waals surface area contributed by atoms with E-state index < -0.39 is 16.1 Å². The first kappa shape index (κ1) is 17.6. The summed E-state index contributed by atoms with van der Waals surface area (Å²) in [5.74, 6) is 0.737. The Bertz CT molecular complexity index is 855. The van der Waals surface area contributed by atoms with Crippen molar-refractivity contribution in [2.45, 2.75) is 43.3 Å². The highest BCUT2D eigenvalue weighted by Crippen LogP contribution is 2.26. The van der Waals surface area contributed by atoms with Crippen LogP contribution in [0.15, 0.2) is 35.4 Å². The first-order valence-electron chi connectivity index (χ1n) is 7.91. The Hall–Kier alpha value is -2.23. The lowest BCUT2D eigenvalue weighted by Crippen LogP contribution is -2.26. The molecular weight excluding hydrogens is 344 g/mol. The maximum Gasteiger partial charge on any atom is 0.238 e. The Morgan fingerprint density at radius 2 is 2.00 bits per heavy atom. The van der Waals surface area contributed by atoms with E-state index in [0.717, 1.165) is 24.8 Å². The molecule has 0 aliphatic heterocycles. The molecule has 9 heteroatoms. The highest BCUT2D eigenvalue weighted by atomic mass is 32.2. The number of sulfonamides is 1. The maximum atomic E-state index is 11.3. The summed E-state index contributed by atoms with van der Waals surface area (Å²) in [6, 6.07) is 5.95. The number of nitrogens with zero attached hydrogens (tertiary/aromatic N) is 2. The predicted octanol–water partition coefficient (Wildman–Crippen LogP) is 1.47. The zero-order valence-corrected chi connectivity index (χ0v) is 14.5. The van der Waals surface area contributed by atoms with Gasteiger partial charge in [-0.25, -0.2) is 18.5 Å². The highest BCUT2D eigenvalue weighted by Gasteiger charge is 2.27. The summed E-state index contributed by atoms with van der Waals surface area (Å²) in [5.41, 5.74) is 1.39. The minimum Gasteiger partial charge on any atom is -0.471 e. The van der Waals surface area contributed by atoms with Gasteiger partial charge in [-0.3, -0.25) is 0 Å². The lowest BCUT2D eigenvalue weighted by molar-refractivity contribution is 0.0569. The number of rotatable bonds is 5. The van der Waals surface area contributed by atoms with Crippen LogP contribution in [0.25, 0.3) is 0 Å². The number of hydrogen-bond donors (Lipinski definition) is 3. The van der Waals surface area contributed by atoms with Crippen molar-refractivity contribution in [1.29, 1.82) is 0 Å². The van der Waals surface area contributed by atoms with Crippen molar-refractivity contribution in [3.05, 3.63) is 36.0 Å². The molecule has 0 saturated heterocycles. The fraction of sp³-hybridized carbons (Fsp3) is 0.375. The van der Waals surface area contributed by atoms with Gasteiger partial charge in [0.05, 0.1) is 11.0 Å². The van der Waals surface area contributed by atoms with E-state index in [1.165, 1.54) is 12.1 Å². The first-order valence-corrected chi connectivity index (χ1v) is 9.46. The SMILES string of the molecule is Cc1cnc(Nc2ccc(S(N)(=O)=O)cc2)nc1O[C@@H]1CCC[C@H]1O. The van der Waals surface area contributed by atoms with E-state index in [1.807, 2.05) is 6.92 Å². The number of primary sulfonamides is 1. The minimum atomic E-state index is -3.73. The van der Waals surface area contributed by atoms with Gasteiger partial charge >= 0.3 is 0 Å². The standard InChI is InChI=1S/C16H20N4O4S/c1-10-9-18-16(20-15(10)24-14-4-2-3-13(14)21)19-11-5-7-12(8-6-11)25(17,22)23/h5-9,13-14,21H,2-4H2,1H3,(H2,17,22,23)(H,18,19,20)/t13-,14-/m1/s1. The van der Waals surface area contributed by atoms with Gasteiger partial charge in [-0.1, -0.05) is 0 Å². The monoisotopic (exact) mass is 364 g/mol. The topological polar surface area (TPSA) is 127 Å². The smallest absolute Gasteiger partial charge is 0.238 e. The van der Waals surface area contributed by atoms with Gasteiger partial charge in [-0.15, -0.1) is 0 Å². The minimum absolute atomic E-state index is 0.0297. The van der Waals surface area contributed by atoms with E-state index in [1.54, 1.807) is 18.3 Å². The fourth-order valence-electron chi connectivity index (χ4n) is 2.65. The average Bonchev–Trinajstić information content (AvgIpc) is 2.95. The van der Waals surface area contributed by atoms with Crippen LogP contribution >= 0.6 is 0 Å². The molecule has 0 spiro atoms. The molecule has 0 unspecified atom stereocenters. The highest BCUT2D eigenvalue weighted by molar-refractivity contribution is 7.89. The molecule has 134 valence electrons. The van der Waals surface area contributed by atoms with Crippen LogP contribution in [0.3, 0.4) is 0 Å². The molecule has 1 fully saturated rings. The fourth-order valence-corrected chi connectivity index (χ4v) is 3.17. The van der Waals surface area contributed by atoms with Crippen LogP contribution in [0, 0.1) is 6.92 Å². The summed E-state index contributed by atoms with van der Waals surface area (Å²) < 4.78 is 28.4. The number of aliphatic hydroxyl groups excluding tert-OH is 1. The molecule has 0 bridgehead atoms. The van der Waals surface area contributed by atoms with Crippen molar-refractivity contribution in [3.8, 4) is 5.88 Å². The molecule has 1 aromatic heterocycles. The number of benzene rings is 1. The van der Waals surface area contributed by atoms with Crippen LogP contribution in [0.1, 0.15) is 24.8 Å². The molecule has 1 aromatic carbocycles. The van der Waals surface area contributed by atoms with Gasteiger partial charge in [0.1, 0.15) is 6.10 Å². The quantitative estimate of drug-likeness (QED) is 0.733. The Morgan fingerprint density at radius 3 is 2.60 bits per heavy atom. The van der Waals surface area contributed by atoms with E-state index in [2.05, 4.69) is 15.3 Å². The van der Waals surface area contributed by atoms with Gasteiger partial charge in [0, 0.05) is 17.4 Å². The van der Waals surface area contributed by atoms with E-state index in [9.17, 15) is 13.5 Å². The third kappa shape index (κ3) is 4.25. The van der Waals surface area contributed by atoms with Crippen molar-refractivity contribution in [2.24, 2.45) is 5.14 Å². The predicted molar refractivity (Wildman–Crippen MR) is 92.1 cm³/mol. The van der Waals surface area contributed by atoms with Crippen molar-refractivity contribution in [3.63, 3.8) is 0 Å². The van der Waals surface area contributed by atoms with E-state index >= 15 is 0 Å². The van der Waals surface area contributed by atoms with Crippen molar-refractivity contribution in [2.75, 3.05) is 5.32 Å². The van der Waals surface area contributed by atoms with E-state index in [0.29, 0.717) is 17.5 Å². The molecule has 4 N–H and O–H groups in total. The molecule has 3 rings (SSSR count). The molecule has 1 aliphatic rings. The zero-order valence-electron chi connectivity index (χ0n) is 13.7. The largest absolute Gasteiger partial charge is 0.471 e. The lowest BCUT2D eigenvalue weighted by atomic mass is 10.2. The van der Waals surface area contributed by atoms with Crippen LogP contribution < -0.4 is 15.2 Å². The molecule has 25 heavy (non-hydrogen) atoms. The number of aliphatic hydroxyl groups is 1. The lowest BCUT2D eigenvalue weighted by Gasteiger charge is -2.18. The van der Waals surface area contributed by atoms with Crippen LogP contribution in [0.5, 0.6) is 5.88 Å². The van der Waals surface area contributed by atoms with Gasteiger partial charge in [0.2, 0.25) is 21.9 Å². The zero-order chi connectivity index (χ0) is 18.0. The summed E-state index contributed by atoms with van der Waals surface area (Å²) in [6.45, 7) is 1.83. The second kappa shape index (κ2) is 6.95. The normalized spacial score (nSPS) is 20.4. The molecule has 1 aliphatic carbocycles. The van der Waals surface area contributed by atoms with E-state index in [4.69, 9.17) is 9.88 Å². The summed E-state index contributed by atoms with van der Waals surface area (Å²) in [6.07, 6.45) is 3.35. The van der Waals surface area contributed by atoms with Crippen molar-refractivity contribution in [1.82, 2.24) is 9.97 Å². The molecule has 2 atom stereocenters. The number of aryl methyl sites for hydroxylation is 1. The molecule has 1 saturated carbocycles. The molecule has 2 aromatic rings. The van der Waals surface area contributed by atoms with Crippen LogP contribution in [-0.4, -0.2) is 35.7 Å². The van der Waals surface area contributed by atoms with Crippen LogP contribution in [-0.2, 0) is 10.0 Å². The maximum absolute atomic E-state index is 11.3. The second-order valence-corrected chi connectivity index (χ2v) is 7.59. The Kier molecular flexibility index (Phi) is 4.89. The number of hydrogen-bond acceptors (Lipinski definition) is 7. The summed E-state index contributed by atoms with van der Waals surface area (Å²) in [5, 5.41) is 18.0. The number of nitrogens with two attached hydrogens (primary N) is 1. The summed E-state index contributed by atoms with van der Waals surface area (Å²) in [4.78, 5) is 8.56. The number of anilines is 2. The Morgan fingerprint density at radius 1 is 1.28 bits per heavy atom. The number of nitrogens with one attached hydrogen (secondary N) is 1. The van der Waals surface area contributed by atoms with Gasteiger partial charge in [0.15, 0.2) is 0 Å². The molecule has 0 amide bonds. The van der Waals surface area contributed by atoms with E-state index in [-0.39, 0.29) is 11.0 Å². The molecule has 8 nitrogen and oxygen atoms in total. The first-order chi connectivity index (χ1) is 11.8. The van der Waals surface area contributed by atoms with Crippen LogP contribution in [0.4, 0.5) is 11.6 Å². The summed E-state index contributed by atoms with van der Waals surface area (Å²) in [7, 11) is -3.73. The number of aromatic nitrogens is 2. The molecule has 0 radical (unpaired) electrons. The average molecular weight is 364 g/mol. The van der Waals surface area contributed by atoms with Gasteiger partial charge in [0.25, 0.3) is 0 Å². The van der Waals surface area contributed by atoms with Gasteiger partial charge in [-0.2, -0.15) is 4.98 Å². The summed E-state index contributed by atoms with van der Waals surface area (Å²) >= 11 is 0. The second-order valence-electron chi connectivity index (χ2n) is 6.03. The third-order valence-electron chi connectivity index (χ3n) is 4.04. The number of ether oxygens (including phenoxy) is 1. The van der Waals surface area contributed by atoms with Crippen LogP contribution in [0.2, 0.25) is 0 Å². The third-order valence-corrected chi connectivity index (χ3v) is 4.97. The van der Waals surface area contributed by atoms with Gasteiger partial charge in [-0.05, 0) is 50.5 Å². The molecule has 1 heterocycles. The van der Waals surface area contributed by atoms with Crippen molar-refractivity contribution < 1.29 is 18.3 Å². The van der Waals surface area contributed by atoms with Gasteiger partial charge < -0.3 is 15.2 Å². The molecular formula is C16H20N4O4S. The van der Waals surface area contributed by atoms with Crippen molar-refractivity contribution >= 4 is 21.7 Å². The Labute approximate surface area is 146 Å². The Balaban J connectivity index is 1.75.